The molecule has 0 unspecified atom stereocenters. The van der Waals surface area contributed by atoms with E-state index in [1.807, 2.05) is 11.8 Å². The van der Waals surface area contributed by atoms with Crippen LogP contribution < -0.4 is 5.32 Å². The number of carbonyl (C=O) groups is 2. The number of nitrogens with zero attached hydrogens (tertiary/aromatic N) is 3. The third-order valence-electron chi connectivity index (χ3n) is 6.13. The van der Waals surface area contributed by atoms with Crippen molar-refractivity contribution in [3.8, 4) is 0 Å². The quantitative estimate of drug-likeness (QED) is 0.751. The van der Waals surface area contributed by atoms with Gasteiger partial charge in [-0.3, -0.25) is 9.59 Å². The minimum Gasteiger partial charge on any atom is -0.332 e. The molecule has 4 rings (SSSR count). The molecule has 1 saturated heterocycles. The van der Waals surface area contributed by atoms with Gasteiger partial charge in [-0.1, -0.05) is 24.4 Å². The van der Waals surface area contributed by atoms with Crippen LogP contribution in [0.2, 0.25) is 5.02 Å². The number of hydrogen-bond donors (Lipinski definition) is 1. The summed E-state index contributed by atoms with van der Waals surface area (Å²) in [5, 5.41) is 3.46. The van der Waals surface area contributed by atoms with Crippen LogP contribution in [0.5, 0.6) is 0 Å². The zero-order valence-corrected chi connectivity index (χ0v) is 18.0. The molecule has 30 heavy (non-hydrogen) atoms. The van der Waals surface area contributed by atoms with E-state index < -0.39 is 0 Å². The van der Waals surface area contributed by atoms with Crippen LogP contribution in [0.1, 0.15) is 72.9 Å². The van der Waals surface area contributed by atoms with Gasteiger partial charge in [-0.15, -0.1) is 0 Å². The first-order chi connectivity index (χ1) is 14.5. The van der Waals surface area contributed by atoms with E-state index in [1.54, 1.807) is 30.5 Å². The minimum atomic E-state index is -0.260. The van der Waals surface area contributed by atoms with Crippen molar-refractivity contribution in [2.24, 2.45) is 5.92 Å². The Balaban J connectivity index is 1.51. The summed E-state index contributed by atoms with van der Waals surface area (Å²) >= 11 is 5.90. The Hall–Kier alpha value is -2.47. The van der Waals surface area contributed by atoms with Gasteiger partial charge in [0.1, 0.15) is 0 Å². The fourth-order valence-corrected chi connectivity index (χ4v) is 4.60. The van der Waals surface area contributed by atoms with Crippen LogP contribution in [-0.2, 0) is 4.79 Å². The maximum Gasteiger partial charge on any atom is 0.259 e. The van der Waals surface area contributed by atoms with Crippen LogP contribution in [0, 0.1) is 12.8 Å². The van der Waals surface area contributed by atoms with Crippen LogP contribution in [0.25, 0.3) is 0 Å². The highest BCUT2D eigenvalue weighted by molar-refractivity contribution is 6.30. The number of rotatable bonds is 4. The normalized spacial score (nSPS) is 19.7. The number of anilines is 1. The number of halogens is 1. The highest BCUT2D eigenvalue weighted by Gasteiger charge is 2.35. The smallest absolute Gasteiger partial charge is 0.259 e. The lowest BCUT2D eigenvalue weighted by Gasteiger charge is -2.36. The number of nitrogens with one attached hydrogen (secondary N) is 1. The predicted octanol–water partition coefficient (Wildman–Crippen LogP) is 4.93. The van der Waals surface area contributed by atoms with Gasteiger partial charge in [-0.25, -0.2) is 9.97 Å². The second-order valence-corrected chi connectivity index (χ2v) is 8.65. The Morgan fingerprint density at radius 2 is 1.77 bits per heavy atom. The van der Waals surface area contributed by atoms with Gasteiger partial charge in [0, 0.05) is 29.4 Å². The summed E-state index contributed by atoms with van der Waals surface area (Å²) in [6.45, 7) is 2.58. The molecule has 0 bridgehead atoms. The second kappa shape index (κ2) is 9.13. The molecule has 2 heterocycles. The Morgan fingerprint density at radius 1 is 1.07 bits per heavy atom. The van der Waals surface area contributed by atoms with E-state index in [2.05, 4.69) is 15.3 Å². The van der Waals surface area contributed by atoms with Crippen molar-refractivity contribution in [1.29, 1.82) is 0 Å². The first-order valence-electron chi connectivity index (χ1n) is 10.7. The molecule has 2 aliphatic rings. The lowest BCUT2D eigenvalue weighted by atomic mass is 9.97. The molecule has 0 radical (unpaired) electrons. The molecule has 1 aromatic carbocycles. The summed E-state index contributed by atoms with van der Waals surface area (Å²) in [5.74, 6) is 0.782. The number of piperidine rings is 1. The second-order valence-electron chi connectivity index (χ2n) is 8.21. The summed E-state index contributed by atoms with van der Waals surface area (Å²) in [4.78, 5) is 36.9. The highest BCUT2D eigenvalue weighted by Crippen LogP contribution is 2.34. The van der Waals surface area contributed by atoms with Crippen LogP contribution in [0.4, 0.5) is 5.69 Å². The Kier molecular flexibility index (Phi) is 6.32. The Labute approximate surface area is 182 Å². The molecule has 2 amide bonds. The van der Waals surface area contributed by atoms with E-state index in [0.29, 0.717) is 27.8 Å². The van der Waals surface area contributed by atoms with E-state index in [9.17, 15) is 9.59 Å². The summed E-state index contributed by atoms with van der Waals surface area (Å²) in [7, 11) is 0. The third-order valence-corrected chi connectivity index (χ3v) is 6.38. The number of benzene rings is 1. The summed E-state index contributed by atoms with van der Waals surface area (Å²) in [6, 6.07) is 6.85. The van der Waals surface area contributed by atoms with Gasteiger partial charge in [0.25, 0.3) is 5.91 Å². The molecule has 2 aromatic rings. The standard InChI is InChI=1S/C23H27ClN4O2/c1-15-19(22(29)27-18-11-9-17(24)10-12-18)14-25-21(26-15)20-8-4-5-13-28(20)23(30)16-6-2-3-7-16/h9-12,14,16,20H,2-8,13H2,1H3,(H,27,29)/t20-/m1/s1. The maximum absolute atomic E-state index is 13.1. The molecule has 1 saturated carbocycles. The van der Waals surface area contributed by atoms with E-state index in [4.69, 9.17) is 11.6 Å². The number of amides is 2. The molecule has 0 spiro atoms. The van der Waals surface area contributed by atoms with Crippen molar-refractivity contribution in [1.82, 2.24) is 14.9 Å². The monoisotopic (exact) mass is 426 g/mol. The number of aryl methyl sites for hydroxylation is 1. The van der Waals surface area contributed by atoms with Crippen molar-refractivity contribution in [3.63, 3.8) is 0 Å². The molecule has 1 N–H and O–H groups in total. The van der Waals surface area contributed by atoms with E-state index in [-0.39, 0.29) is 23.8 Å². The van der Waals surface area contributed by atoms with Crippen molar-refractivity contribution < 1.29 is 9.59 Å². The lowest BCUT2D eigenvalue weighted by Crippen LogP contribution is -2.42. The number of likely N-dealkylation sites (tertiary alicyclic amines) is 1. The van der Waals surface area contributed by atoms with E-state index in [0.717, 1.165) is 51.5 Å². The van der Waals surface area contributed by atoms with Crippen LogP contribution >= 0.6 is 11.6 Å². The SMILES string of the molecule is Cc1nc([C@H]2CCCCN2C(=O)C2CCCC2)ncc1C(=O)Nc1ccc(Cl)cc1. The fourth-order valence-electron chi connectivity index (χ4n) is 4.47. The Bertz CT molecular complexity index is 925. The molecular formula is C23H27ClN4O2. The zero-order valence-electron chi connectivity index (χ0n) is 17.2. The van der Waals surface area contributed by atoms with Crippen molar-refractivity contribution in [2.75, 3.05) is 11.9 Å². The first-order valence-corrected chi connectivity index (χ1v) is 11.1. The summed E-state index contributed by atoms with van der Waals surface area (Å²) < 4.78 is 0. The van der Waals surface area contributed by atoms with Gasteiger partial charge < -0.3 is 10.2 Å². The van der Waals surface area contributed by atoms with Crippen LogP contribution in [0.3, 0.4) is 0 Å². The molecule has 6 nitrogen and oxygen atoms in total. The fraction of sp³-hybridized carbons (Fsp3) is 0.478. The maximum atomic E-state index is 13.1. The summed E-state index contributed by atoms with van der Waals surface area (Å²) in [6.07, 6.45) is 8.79. The molecule has 2 fully saturated rings. The molecule has 1 aromatic heterocycles. The van der Waals surface area contributed by atoms with Crippen LogP contribution in [-0.4, -0.2) is 33.2 Å². The van der Waals surface area contributed by atoms with Gasteiger partial charge in [-0.2, -0.15) is 0 Å². The number of hydrogen-bond acceptors (Lipinski definition) is 4. The van der Waals surface area contributed by atoms with Crippen molar-refractivity contribution >= 4 is 29.1 Å². The van der Waals surface area contributed by atoms with Gasteiger partial charge >= 0.3 is 0 Å². The predicted molar refractivity (Wildman–Crippen MR) is 116 cm³/mol. The minimum absolute atomic E-state index is 0.0982. The molecule has 1 aliphatic carbocycles. The highest BCUT2D eigenvalue weighted by atomic mass is 35.5. The van der Waals surface area contributed by atoms with E-state index >= 15 is 0 Å². The topological polar surface area (TPSA) is 75.2 Å². The van der Waals surface area contributed by atoms with Gasteiger partial charge in [0.05, 0.1) is 17.3 Å². The number of aromatic nitrogens is 2. The van der Waals surface area contributed by atoms with E-state index in [1.165, 1.54) is 0 Å². The average Bonchev–Trinajstić information content (AvgIpc) is 3.29. The van der Waals surface area contributed by atoms with Gasteiger partial charge in [-0.05, 0) is 63.3 Å². The number of carbonyl (C=O) groups excluding carboxylic acids is 2. The zero-order chi connectivity index (χ0) is 21.1. The molecule has 158 valence electrons. The third kappa shape index (κ3) is 4.48. The summed E-state index contributed by atoms with van der Waals surface area (Å²) in [5.41, 5.74) is 1.71. The van der Waals surface area contributed by atoms with Gasteiger partial charge in [0.2, 0.25) is 5.91 Å². The van der Waals surface area contributed by atoms with Crippen LogP contribution in [0.15, 0.2) is 30.5 Å². The Morgan fingerprint density at radius 3 is 2.47 bits per heavy atom. The average molecular weight is 427 g/mol. The molecular weight excluding hydrogens is 400 g/mol. The first kappa shape index (κ1) is 20.8. The van der Waals surface area contributed by atoms with Crippen molar-refractivity contribution in [3.05, 3.63) is 52.6 Å². The molecule has 1 aliphatic heterocycles. The molecule has 7 heteroatoms. The largest absolute Gasteiger partial charge is 0.332 e. The molecule has 1 atom stereocenters. The van der Waals surface area contributed by atoms with Gasteiger partial charge in [0.15, 0.2) is 5.82 Å². The lowest BCUT2D eigenvalue weighted by molar-refractivity contribution is -0.139. The van der Waals surface area contributed by atoms with Crippen molar-refractivity contribution in [2.45, 2.75) is 57.9 Å².